The summed E-state index contributed by atoms with van der Waals surface area (Å²) in [5.41, 5.74) is 1.42. The number of nitrogens with zero attached hydrogens (tertiary/aromatic N) is 2. The molecule has 1 amide bonds. The molecule has 0 unspecified atom stereocenters. The van der Waals surface area contributed by atoms with E-state index in [0.29, 0.717) is 5.69 Å². The van der Waals surface area contributed by atoms with Crippen molar-refractivity contribution in [3.8, 4) is 0 Å². The molecule has 0 fully saturated rings. The van der Waals surface area contributed by atoms with Crippen molar-refractivity contribution in [2.24, 2.45) is 0 Å². The van der Waals surface area contributed by atoms with E-state index in [0.717, 1.165) is 31.5 Å². The number of pyridine rings is 1. The van der Waals surface area contributed by atoms with Crippen LogP contribution in [0, 0.1) is 0 Å². The summed E-state index contributed by atoms with van der Waals surface area (Å²) in [5, 5.41) is 3.03. The van der Waals surface area contributed by atoms with Gasteiger partial charge < -0.3 is 10.2 Å². The van der Waals surface area contributed by atoms with Gasteiger partial charge in [-0.05, 0) is 32.4 Å². The van der Waals surface area contributed by atoms with Crippen molar-refractivity contribution >= 4 is 11.6 Å². The van der Waals surface area contributed by atoms with E-state index in [4.69, 9.17) is 0 Å². The lowest BCUT2D eigenvalue weighted by Crippen LogP contribution is -2.38. The first-order valence-electron chi connectivity index (χ1n) is 7.05. The lowest BCUT2D eigenvalue weighted by atomic mass is 10.2. The quantitative estimate of drug-likeness (QED) is 0.769. The number of nitrogens with one attached hydrogen (secondary N) is 1. The Morgan fingerprint density at radius 1 is 1.42 bits per heavy atom. The lowest BCUT2D eigenvalue weighted by molar-refractivity contribution is 0.0696. The second kappa shape index (κ2) is 7.77. The van der Waals surface area contributed by atoms with Crippen LogP contribution in [0.5, 0.6) is 0 Å². The first-order chi connectivity index (χ1) is 9.10. The van der Waals surface area contributed by atoms with Crippen LogP contribution in [0.25, 0.3) is 0 Å². The Bertz CT molecular complexity index is 404. The molecule has 0 spiro atoms. The van der Waals surface area contributed by atoms with E-state index in [9.17, 15) is 4.79 Å². The summed E-state index contributed by atoms with van der Waals surface area (Å²) in [4.78, 5) is 18.6. The number of carbonyl (C=O) groups excluding carboxylic acids is 1. The van der Waals surface area contributed by atoms with E-state index in [-0.39, 0.29) is 11.9 Å². The fourth-order valence-corrected chi connectivity index (χ4v) is 1.98. The van der Waals surface area contributed by atoms with Crippen molar-refractivity contribution in [1.29, 1.82) is 0 Å². The monoisotopic (exact) mass is 263 g/mol. The Morgan fingerprint density at radius 2 is 2.16 bits per heavy atom. The Hall–Kier alpha value is -1.58. The highest BCUT2D eigenvalue weighted by atomic mass is 16.2. The highest BCUT2D eigenvalue weighted by Crippen LogP contribution is 2.12. The Balaban J connectivity index is 2.80. The molecule has 0 radical (unpaired) electrons. The van der Waals surface area contributed by atoms with Crippen molar-refractivity contribution in [3.63, 3.8) is 0 Å². The van der Waals surface area contributed by atoms with Crippen molar-refractivity contribution < 1.29 is 4.79 Å². The average Bonchev–Trinajstić information content (AvgIpc) is 2.42. The second-order valence-electron chi connectivity index (χ2n) is 4.98. The largest absolute Gasteiger partial charge is 0.388 e. The average molecular weight is 263 g/mol. The molecule has 1 aromatic rings. The highest BCUT2D eigenvalue weighted by molar-refractivity contribution is 5.93. The zero-order valence-corrected chi connectivity index (χ0v) is 12.4. The van der Waals surface area contributed by atoms with Gasteiger partial charge in [-0.25, -0.2) is 0 Å². The molecule has 1 aromatic heterocycles. The molecule has 0 aromatic carbocycles. The van der Waals surface area contributed by atoms with Crippen LogP contribution in [0.3, 0.4) is 0 Å². The summed E-state index contributed by atoms with van der Waals surface area (Å²) in [6, 6.07) is 3.86. The molecule has 19 heavy (non-hydrogen) atoms. The third kappa shape index (κ3) is 4.54. The molecule has 1 rings (SSSR count). The van der Waals surface area contributed by atoms with Gasteiger partial charge >= 0.3 is 0 Å². The smallest absolute Gasteiger partial charge is 0.272 e. The van der Waals surface area contributed by atoms with Gasteiger partial charge in [-0.1, -0.05) is 19.8 Å². The number of unbranched alkanes of at least 4 members (excludes halogenated alkanes) is 2. The molecule has 1 heterocycles. The fraction of sp³-hybridized carbons (Fsp3) is 0.600. The van der Waals surface area contributed by atoms with Gasteiger partial charge in [-0.3, -0.25) is 9.78 Å². The van der Waals surface area contributed by atoms with Gasteiger partial charge in [0.15, 0.2) is 0 Å². The third-order valence-corrected chi connectivity index (χ3v) is 3.15. The van der Waals surface area contributed by atoms with E-state index in [1.807, 2.05) is 31.9 Å². The van der Waals surface area contributed by atoms with E-state index in [2.05, 4.69) is 17.2 Å². The van der Waals surface area contributed by atoms with Crippen LogP contribution in [-0.4, -0.2) is 35.4 Å². The standard InChI is InChI=1S/C15H25N3O/c1-5-6-7-10-18(12(2)3)15(19)14-11-13(16-4)8-9-17-14/h8-9,11-12H,5-7,10H2,1-4H3,(H,16,17). The predicted molar refractivity (Wildman–Crippen MR) is 79.5 cm³/mol. The minimum absolute atomic E-state index is 0.0169. The summed E-state index contributed by atoms with van der Waals surface area (Å²) in [6.45, 7) is 7.06. The van der Waals surface area contributed by atoms with Crippen LogP contribution >= 0.6 is 0 Å². The second-order valence-corrected chi connectivity index (χ2v) is 4.98. The van der Waals surface area contributed by atoms with E-state index >= 15 is 0 Å². The highest BCUT2D eigenvalue weighted by Gasteiger charge is 2.19. The van der Waals surface area contributed by atoms with Crippen LogP contribution in [-0.2, 0) is 0 Å². The number of hydrogen-bond acceptors (Lipinski definition) is 3. The van der Waals surface area contributed by atoms with Crippen molar-refractivity contribution in [3.05, 3.63) is 24.0 Å². The molecule has 0 saturated carbocycles. The number of carbonyl (C=O) groups is 1. The first kappa shape index (κ1) is 15.5. The number of rotatable bonds is 7. The van der Waals surface area contributed by atoms with Crippen molar-refractivity contribution in [1.82, 2.24) is 9.88 Å². The summed E-state index contributed by atoms with van der Waals surface area (Å²) >= 11 is 0. The molecular formula is C15H25N3O. The maximum absolute atomic E-state index is 12.5. The van der Waals surface area contributed by atoms with Crippen LogP contribution in [0.1, 0.15) is 50.5 Å². The fourth-order valence-electron chi connectivity index (χ4n) is 1.98. The number of anilines is 1. The van der Waals surface area contributed by atoms with Gasteiger partial charge in [0, 0.05) is 31.5 Å². The zero-order chi connectivity index (χ0) is 14.3. The molecule has 0 aliphatic carbocycles. The minimum Gasteiger partial charge on any atom is -0.388 e. The molecule has 106 valence electrons. The van der Waals surface area contributed by atoms with E-state index < -0.39 is 0 Å². The lowest BCUT2D eigenvalue weighted by Gasteiger charge is -2.26. The number of amides is 1. The number of aromatic nitrogens is 1. The van der Waals surface area contributed by atoms with Gasteiger partial charge in [0.25, 0.3) is 5.91 Å². The Kier molecular flexibility index (Phi) is 6.33. The number of hydrogen-bond donors (Lipinski definition) is 1. The SMILES string of the molecule is CCCCCN(C(=O)c1cc(NC)ccn1)C(C)C. The molecule has 0 bridgehead atoms. The minimum atomic E-state index is 0.0169. The summed E-state index contributed by atoms with van der Waals surface area (Å²) in [5.74, 6) is 0.0169. The summed E-state index contributed by atoms with van der Waals surface area (Å²) in [6.07, 6.45) is 5.03. The molecule has 4 nitrogen and oxygen atoms in total. The molecule has 0 aliphatic rings. The summed E-state index contributed by atoms with van der Waals surface area (Å²) in [7, 11) is 1.84. The molecule has 0 atom stereocenters. The van der Waals surface area contributed by atoms with Crippen LogP contribution < -0.4 is 5.32 Å². The van der Waals surface area contributed by atoms with Gasteiger partial charge in [-0.2, -0.15) is 0 Å². The van der Waals surface area contributed by atoms with Crippen LogP contribution in [0.4, 0.5) is 5.69 Å². The van der Waals surface area contributed by atoms with Crippen molar-refractivity contribution in [2.45, 2.75) is 46.1 Å². The maximum Gasteiger partial charge on any atom is 0.272 e. The van der Waals surface area contributed by atoms with E-state index in [1.165, 1.54) is 0 Å². The first-order valence-corrected chi connectivity index (χ1v) is 7.05. The topological polar surface area (TPSA) is 45.2 Å². The maximum atomic E-state index is 12.5. The Morgan fingerprint density at radius 3 is 2.74 bits per heavy atom. The molecule has 1 N–H and O–H groups in total. The molecule has 0 aliphatic heterocycles. The Labute approximate surface area is 116 Å². The van der Waals surface area contributed by atoms with Crippen molar-refractivity contribution in [2.75, 3.05) is 18.9 Å². The van der Waals surface area contributed by atoms with Gasteiger partial charge in [0.1, 0.15) is 5.69 Å². The van der Waals surface area contributed by atoms with Gasteiger partial charge in [0.05, 0.1) is 0 Å². The van der Waals surface area contributed by atoms with Crippen LogP contribution in [0.2, 0.25) is 0 Å². The summed E-state index contributed by atoms with van der Waals surface area (Å²) < 4.78 is 0. The van der Waals surface area contributed by atoms with Gasteiger partial charge in [0.2, 0.25) is 0 Å². The van der Waals surface area contributed by atoms with E-state index in [1.54, 1.807) is 12.3 Å². The zero-order valence-electron chi connectivity index (χ0n) is 12.4. The van der Waals surface area contributed by atoms with Crippen LogP contribution in [0.15, 0.2) is 18.3 Å². The molecule has 0 saturated heterocycles. The molecular weight excluding hydrogens is 238 g/mol. The van der Waals surface area contributed by atoms with Gasteiger partial charge in [-0.15, -0.1) is 0 Å². The predicted octanol–water partition coefficient (Wildman–Crippen LogP) is 3.16. The normalized spacial score (nSPS) is 10.6. The molecule has 4 heteroatoms. The third-order valence-electron chi connectivity index (χ3n) is 3.15.